The van der Waals surface area contributed by atoms with Gasteiger partial charge < -0.3 is 10.4 Å². The predicted octanol–water partition coefficient (Wildman–Crippen LogP) is 1.52. The highest BCUT2D eigenvalue weighted by Gasteiger charge is 2.19. The maximum Gasteiger partial charge on any atom is 0.309 e. The number of nitrogens with one attached hydrogen (secondary N) is 1. The molecule has 0 saturated carbocycles. The number of hydrogen-bond donors (Lipinski definition) is 2. The van der Waals surface area contributed by atoms with Crippen LogP contribution in [0.2, 0.25) is 0 Å². The van der Waals surface area contributed by atoms with Crippen molar-refractivity contribution < 1.29 is 9.90 Å². The minimum absolute atomic E-state index is 0.00829. The van der Waals surface area contributed by atoms with E-state index in [2.05, 4.69) is 10.3 Å². The van der Waals surface area contributed by atoms with Crippen LogP contribution >= 0.6 is 0 Å². The molecule has 0 spiro atoms. The molecule has 4 heteroatoms. The van der Waals surface area contributed by atoms with Crippen LogP contribution in [-0.2, 0) is 11.2 Å². The molecule has 1 saturated heterocycles. The number of hydrogen-bond acceptors (Lipinski definition) is 3. The van der Waals surface area contributed by atoms with Crippen LogP contribution < -0.4 is 5.32 Å². The van der Waals surface area contributed by atoms with Crippen LogP contribution in [0.3, 0.4) is 0 Å². The van der Waals surface area contributed by atoms with E-state index in [0.717, 1.165) is 18.5 Å². The summed E-state index contributed by atoms with van der Waals surface area (Å²) in [4.78, 5) is 14.9. The highest BCUT2D eigenvalue weighted by atomic mass is 16.4. The van der Waals surface area contributed by atoms with E-state index >= 15 is 0 Å². The van der Waals surface area contributed by atoms with Crippen LogP contribution in [0, 0.1) is 0 Å². The topological polar surface area (TPSA) is 62.2 Å². The molecule has 86 valence electrons. The molecular weight excluding hydrogens is 204 g/mol. The lowest BCUT2D eigenvalue weighted by Crippen LogP contribution is -2.28. The van der Waals surface area contributed by atoms with Crippen molar-refractivity contribution in [1.82, 2.24) is 10.3 Å². The van der Waals surface area contributed by atoms with Crippen molar-refractivity contribution in [1.29, 1.82) is 0 Å². The Kier molecular flexibility index (Phi) is 3.51. The first kappa shape index (κ1) is 11.1. The Labute approximate surface area is 94.7 Å². The first-order valence-electron chi connectivity index (χ1n) is 5.66. The SMILES string of the molecule is O=C(O)Cc1ncccc1C1CCCCN1. The summed E-state index contributed by atoms with van der Waals surface area (Å²) in [5.74, 6) is -0.823. The van der Waals surface area contributed by atoms with Gasteiger partial charge in [-0.3, -0.25) is 9.78 Å². The monoisotopic (exact) mass is 220 g/mol. The average Bonchev–Trinajstić information content (AvgIpc) is 2.30. The van der Waals surface area contributed by atoms with Gasteiger partial charge in [-0.1, -0.05) is 12.5 Å². The molecule has 2 N–H and O–H groups in total. The number of carboxylic acids is 1. The minimum atomic E-state index is -0.823. The molecule has 0 bridgehead atoms. The summed E-state index contributed by atoms with van der Waals surface area (Å²) < 4.78 is 0. The van der Waals surface area contributed by atoms with E-state index in [1.807, 2.05) is 12.1 Å². The molecular formula is C12H16N2O2. The van der Waals surface area contributed by atoms with Gasteiger partial charge in [0.1, 0.15) is 0 Å². The molecule has 0 amide bonds. The van der Waals surface area contributed by atoms with Crippen LogP contribution in [0.1, 0.15) is 36.6 Å². The Hall–Kier alpha value is -1.42. The molecule has 16 heavy (non-hydrogen) atoms. The van der Waals surface area contributed by atoms with Gasteiger partial charge in [-0.15, -0.1) is 0 Å². The molecule has 1 aliphatic rings. The van der Waals surface area contributed by atoms with Crippen molar-refractivity contribution in [2.45, 2.75) is 31.7 Å². The van der Waals surface area contributed by atoms with Crippen LogP contribution in [0.5, 0.6) is 0 Å². The molecule has 1 atom stereocenters. The van der Waals surface area contributed by atoms with Crippen molar-refractivity contribution in [3.63, 3.8) is 0 Å². The zero-order valence-electron chi connectivity index (χ0n) is 9.15. The second kappa shape index (κ2) is 5.07. The summed E-state index contributed by atoms with van der Waals surface area (Å²) in [7, 11) is 0. The van der Waals surface area contributed by atoms with Crippen molar-refractivity contribution in [2.24, 2.45) is 0 Å². The Morgan fingerprint density at radius 1 is 1.56 bits per heavy atom. The third kappa shape index (κ3) is 2.58. The normalized spacial score (nSPS) is 20.6. The fraction of sp³-hybridized carbons (Fsp3) is 0.500. The van der Waals surface area contributed by atoms with E-state index in [4.69, 9.17) is 5.11 Å². The minimum Gasteiger partial charge on any atom is -0.481 e. The summed E-state index contributed by atoms with van der Waals surface area (Å²) >= 11 is 0. The third-order valence-electron chi connectivity index (χ3n) is 2.93. The Morgan fingerprint density at radius 3 is 3.12 bits per heavy atom. The van der Waals surface area contributed by atoms with Gasteiger partial charge in [0.05, 0.1) is 12.1 Å². The maximum absolute atomic E-state index is 10.7. The summed E-state index contributed by atoms with van der Waals surface area (Å²) in [6.45, 7) is 1.01. The molecule has 2 rings (SSSR count). The van der Waals surface area contributed by atoms with E-state index in [0.29, 0.717) is 5.69 Å². The molecule has 0 aromatic carbocycles. The number of aliphatic carboxylic acids is 1. The molecule has 1 aromatic rings. The Morgan fingerprint density at radius 2 is 2.44 bits per heavy atom. The largest absolute Gasteiger partial charge is 0.481 e. The second-order valence-electron chi connectivity index (χ2n) is 4.11. The first-order valence-corrected chi connectivity index (χ1v) is 5.66. The second-order valence-corrected chi connectivity index (χ2v) is 4.11. The number of carbonyl (C=O) groups is 1. The molecule has 1 aromatic heterocycles. The van der Waals surface area contributed by atoms with Crippen molar-refractivity contribution in [2.75, 3.05) is 6.54 Å². The van der Waals surface area contributed by atoms with E-state index in [1.54, 1.807) is 6.20 Å². The summed E-state index contributed by atoms with van der Waals surface area (Å²) in [5, 5.41) is 12.2. The van der Waals surface area contributed by atoms with Gasteiger partial charge in [-0.2, -0.15) is 0 Å². The van der Waals surface area contributed by atoms with Gasteiger partial charge in [0.25, 0.3) is 0 Å². The predicted molar refractivity (Wildman–Crippen MR) is 60.2 cm³/mol. The third-order valence-corrected chi connectivity index (χ3v) is 2.93. The summed E-state index contributed by atoms with van der Waals surface area (Å²) in [6.07, 6.45) is 5.13. The average molecular weight is 220 g/mol. The molecule has 2 heterocycles. The van der Waals surface area contributed by atoms with Gasteiger partial charge in [0.15, 0.2) is 0 Å². The fourth-order valence-electron chi connectivity index (χ4n) is 2.18. The van der Waals surface area contributed by atoms with Crippen molar-refractivity contribution >= 4 is 5.97 Å². The van der Waals surface area contributed by atoms with Crippen LogP contribution in [0.15, 0.2) is 18.3 Å². The fourth-order valence-corrected chi connectivity index (χ4v) is 2.18. The molecule has 1 aliphatic heterocycles. The quantitative estimate of drug-likeness (QED) is 0.810. The number of pyridine rings is 1. The number of nitrogens with zero attached hydrogens (tertiary/aromatic N) is 1. The van der Waals surface area contributed by atoms with E-state index in [-0.39, 0.29) is 12.5 Å². The highest BCUT2D eigenvalue weighted by Crippen LogP contribution is 2.24. The zero-order chi connectivity index (χ0) is 11.4. The van der Waals surface area contributed by atoms with E-state index in [9.17, 15) is 4.79 Å². The van der Waals surface area contributed by atoms with Gasteiger partial charge >= 0.3 is 5.97 Å². The summed E-state index contributed by atoms with van der Waals surface area (Å²) in [6, 6.07) is 4.13. The van der Waals surface area contributed by atoms with Crippen LogP contribution in [-0.4, -0.2) is 22.6 Å². The standard InChI is InChI=1S/C12H16N2O2/c15-12(16)8-11-9(4-3-7-14-11)10-5-1-2-6-13-10/h3-4,7,10,13H,1-2,5-6,8H2,(H,15,16). The first-order chi connectivity index (χ1) is 7.77. The van der Waals surface area contributed by atoms with Crippen LogP contribution in [0.25, 0.3) is 0 Å². The summed E-state index contributed by atoms with van der Waals surface area (Å²) in [5.41, 5.74) is 1.74. The molecule has 1 unspecified atom stereocenters. The Bertz CT molecular complexity index is 373. The molecule has 4 nitrogen and oxygen atoms in total. The number of carboxylic acid groups (broad SMARTS) is 1. The van der Waals surface area contributed by atoms with E-state index < -0.39 is 5.97 Å². The van der Waals surface area contributed by atoms with Gasteiger partial charge in [0, 0.05) is 12.2 Å². The number of aromatic nitrogens is 1. The lowest BCUT2D eigenvalue weighted by atomic mass is 9.95. The van der Waals surface area contributed by atoms with Gasteiger partial charge in [-0.05, 0) is 31.0 Å². The molecule has 0 aliphatic carbocycles. The maximum atomic E-state index is 10.7. The van der Waals surface area contributed by atoms with E-state index in [1.165, 1.54) is 12.8 Å². The van der Waals surface area contributed by atoms with Crippen LogP contribution in [0.4, 0.5) is 0 Å². The Balaban J connectivity index is 2.20. The molecule has 1 fully saturated rings. The lowest BCUT2D eigenvalue weighted by molar-refractivity contribution is -0.136. The molecule has 0 radical (unpaired) electrons. The number of piperidine rings is 1. The lowest BCUT2D eigenvalue weighted by Gasteiger charge is -2.25. The highest BCUT2D eigenvalue weighted by molar-refractivity contribution is 5.70. The van der Waals surface area contributed by atoms with Crippen molar-refractivity contribution in [3.05, 3.63) is 29.6 Å². The smallest absolute Gasteiger partial charge is 0.309 e. The number of rotatable bonds is 3. The van der Waals surface area contributed by atoms with Gasteiger partial charge in [0.2, 0.25) is 0 Å². The van der Waals surface area contributed by atoms with Crippen molar-refractivity contribution in [3.8, 4) is 0 Å². The zero-order valence-corrected chi connectivity index (χ0v) is 9.15. The van der Waals surface area contributed by atoms with Gasteiger partial charge in [-0.25, -0.2) is 0 Å².